The number of aromatic hydroxyl groups is 1. The fourth-order valence-corrected chi connectivity index (χ4v) is 2.49. The Kier molecular flexibility index (Phi) is 4.09. The third kappa shape index (κ3) is 2.94. The second-order valence-corrected chi connectivity index (χ2v) is 5.03. The number of nitrogens with zero attached hydrogens (tertiary/aromatic N) is 1. The molecule has 0 bridgehead atoms. The molecule has 4 heteroatoms. The van der Waals surface area contributed by atoms with Crippen LogP contribution in [0.2, 0.25) is 0 Å². The molecule has 0 aromatic heterocycles. The smallest absolute Gasteiger partial charge is 0.160 e. The standard InChI is InChI=1S/C14H21NO3/c1-10(16)12-5-6-15(9-12)8-11-3-4-14(18-2)13(17)7-11/h3-4,7,10,12,16-17H,5-6,8-9H2,1-2H3. The van der Waals surface area contributed by atoms with Crippen LogP contribution >= 0.6 is 0 Å². The minimum Gasteiger partial charge on any atom is -0.504 e. The van der Waals surface area contributed by atoms with Gasteiger partial charge in [-0.15, -0.1) is 0 Å². The minimum atomic E-state index is -0.237. The van der Waals surface area contributed by atoms with Crippen molar-refractivity contribution in [3.8, 4) is 11.5 Å². The number of phenolic OH excluding ortho intramolecular Hbond substituents is 1. The van der Waals surface area contributed by atoms with E-state index in [1.165, 1.54) is 0 Å². The maximum Gasteiger partial charge on any atom is 0.160 e. The highest BCUT2D eigenvalue weighted by Gasteiger charge is 2.25. The Bertz CT molecular complexity index is 406. The summed E-state index contributed by atoms with van der Waals surface area (Å²) in [6.07, 6.45) is 0.805. The molecule has 18 heavy (non-hydrogen) atoms. The van der Waals surface area contributed by atoms with Crippen LogP contribution in [0.4, 0.5) is 0 Å². The third-order valence-electron chi connectivity index (χ3n) is 3.64. The van der Waals surface area contributed by atoms with Crippen LogP contribution in [0.5, 0.6) is 11.5 Å². The molecule has 1 aromatic rings. The normalized spacial score (nSPS) is 22.1. The zero-order valence-electron chi connectivity index (χ0n) is 11.0. The Balaban J connectivity index is 1.96. The first-order valence-electron chi connectivity index (χ1n) is 6.36. The van der Waals surface area contributed by atoms with Crippen molar-refractivity contribution in [2.45, 2.75) is 26.0 Å². The lowest BCUT2D eigenvalue weighted by atomic mass is 10.0. The molecule has 100 valence electrons. The van der Waals surface area contributed by atoms with E-state index in [-0.39, 0.29) is 11.9 Å². The molecule has 2 atom stereocenters. The summed E-state index contributed by atoms with van der Waals surface area (Å²) in [5, 5.41) is 19.3. The Hall–Kier alpha value is -1.26. The number of phenols is 1. The molecule has 1 aliphatic heterocycles. The van der Waals surface area contributed by atoms with Crippen molar-refractivity contribution in [1.29, 1.82) is 0 Å². The molecule has 4 nitrogen and oxygen atoms in total. The second-order valence-electron chi connectivity index (χ2n) is 5.03. The highest BCUT2D eigenvalue weighted by atomic mass is 16.5. The topological polar surface area (TPSA) is 52.9 Å². The van der Waals surface area contributed by atoms with Crippen molar-refractivity contribution in [2.75, 3.05) is 20.2 Å². The Morgan fingerprint density at radius 2 is 2.28 bits per heavy atom. The third-order valence-corrected chi connectivity index (χ3v) is 3.64. The summed E-state index contributed by atoms with van der Waals surface area (Å²) < 4.78 is 5.02. The highest BCUT2D eigenvalue weighted by Crippen LogP contribution is 2.28. The molecule has 0 amide bonds. The fraction of sp³-hybridized carbons (Fsp3) is 0.571. The number of hydrogen-bond acceptors (Lipinski definition) is 4. The first kappa shape index (κ1) is 13.2. The van der Waals surface area contributed by atoms with E-state index in [0.717, 1.165) is 31.6 Å². The monoisotopic (exact) mass is 251 g/mol. The molecule has 0 saturated carbocycles. The van der Waals surface area contributed by atoms with E-state index in [0.29, 0.717) is 11.7 Å². The molecule has 0 aliphatic carbocycles. The summed E-state index contributed by atoms with van der Waals surface area (Å²) in [7, 11) is 1.54. The van der Waals surface area contributed by atoms with Gasteiger partial charge >= 0.3 is 0 Å². The molecule has 1 fully saturated rings. The quantitative estimate of drug-likeness (QED) is 0.853. The number of hydrogen-bond donors (Lipinski definition) is 2. The predicted octanol–water partition coefficient (Wildman–Crippen LogP) is 1.60. The number of benzene rings is 1. The van der Waals surface area contributed by atoms with Crippen molar-refractivity contribution >= 4 is 0 Å². The summed E-state index contributed by atoms with van der Waals surface area (Å²) in [6.45, 7) is 4.58. The van der Waals surface area contributed by atoms with Gasteiger partial charge in [0.25, 0.3) is 0 Å². The van der Waals surface area contributed by atoms with Crippen LogP contribution in [-0.2, 0) is 6.54 Å². The van der Waals surface area contributed by atoms with Crippen molar-refractivity contribution in [3.05, 3.63) is 23.8 Å². The first-order chi connectivity index (χ1) is 8.60. The van der Waals surface area contributed by atoms with Crippen LogP contribution in [0.25, 0.3) is 0 Å². The summed E-state index contributed by atoms with van der Waals surface area (Å²) in [5.74, 6) is 1.06. The number of aliphatic hydroxyl groups excluding tert-OH is 1. The fourth-order valence-electron chi connectivity index (χ4n) is 2.49. The number of rotatable bonds is 4. The molecule has 1 saturated heterocycles. The number of ether oxygens (including phenoxy) is 1. The van der Waals surface area contributed by atoms with E-state index >= 15 is 0 Å². The van der Waals surface area contributed by atoms with E-state index < -0.39 is 0 Å². The summed E-state index contributed by atoms with van der Waals surface area (Å²) >= 11 is 0. The number of aliphatic hydroxyl groups is 1. The number of methoxy groups -OCH3 is 1. The Morgan fingerprint density at radius 3 is 2.83 bits per heavy atom. The molecular weight excluding hydrogens is 230 g/mol. The van der Waals surface area contributed by atoms with Gasteiger partial charge in [0, 0.05) is 13.1 Å². The SMILES string of the molecule is COc1ccc(CN2CCC(C(C)O)C2)cc1O. The van der Waals surface area contributed by atoms with Crippen LogP contribution in [0.1, 0.15) is 18.9 Å². The zero-order chi connectivity index (χ0) is 13.1. The lowest BCUT2D eigenvalue weighted by Gasteiger charge is -2.17. The van der Waals surface area contributed by atoms with Gasteiger partial charge in [-0.3, -0.25) is 4.90 Å². The molecule has 1 heterocycles. The highest BCUT2D eigenvalue weighted by molar-refractivity contribution is 5.41. The average molecular weight is 251 g/mol. The Morgan fingerprint density at radius 1 is 1.50 bits per heavy atom. The molecule has 2 unspecified atom stereocenters. The van der Waals surface area contributed by atoms with Gasteiger partial charge < -0.3 is 14.9 Å². The van der Waals surface area contributed by atoms with Crippen LogP contribution < -0.4 is 4.74 Å². The maximum absolute atomic E-state index is 9.72. The lowest BCUT2D eigenvalue weighted by molar-refractivity contribution is 0.127. The van der Waals surface area contributed by atoms with Crippen LogP contribution in [0.15, 0.2) is 18.2 Å². The van der Waals surface area contributed by atoms with Gasteiger partial charge in [0.05, 0.1) is 13.2 Å². The van der Waals surface area contributed by atoms with Crippen molar-refractivity contribution < 1.29 is 14.9 Å². The summed E-state index contributed by atoms with van der Waals surface area (Å²) in [6, 6.07) is 5.50. The maximum atomic E-state index is 9.72. The Labute approximate surface area is 108 Å². The second kappa shape index (κ2) is 5.59. The van der Waals surface area contributed by atoms with Crippen LogP contribution in [0, 0.1) is 5.92 Å². The number of likely N-dealkylation sites (tertiary alicyclic amines) is 1. The molecule has 2 rings (SSSR count). The molecule has 1 aliphatic rings. The lowest BCUT2D eigenvalue weighted by Crippen LogP contribution is -2.23. The average Bonchev–Trinajstić information content (AvgIpc) is 2.78. The molecule has 1 aromatic carbocycles. The van der Waals surface area contributed by atoms with Gasteiger partial charge in [-0.05, 0) is 43.5 Å². The first-order valence-corrected chi connectivity index (χ1v) is 6.36. The van der Waals surface area contributed by atoms with Gasteiger partial charge in [-0.1, -0.05) is 6.07 Å². The van der Waals surface area contributed by atoms with E-state index in [2.05, 4.69) is 4.90 Å². The van der Waals surface area contributed by atoms with E-state index in [1.807, 2.05) is 13.0 Å². The van der Waals surface area contributed by atoms with Crippen LogP contribution in [-0.4, -0.2) is 41.4 Å². The minimum absolute atomic E-state index is 0.182. The molecule has 2 N–H and O–H groups in total. The van der Waals surface area contributed by atoms with Gasteiger partial charge in [-0.25, -0.2) is 0 Å². The van der Waals surface area contributed by atoms with Crippen molar-refractivity contribution in [3.63, 3.8) is 0 Å². The van der Waals surface area contributed by atoms with Gasteiger partial charge in [0.15, 0.2) is 11.5 Å². The van der Waals surface area contributed by atoms with Crippen molar-refractivity contribution in [1.82, 2.24) is 4.90 Å². The van der Waals surface area contributed by atoms with Gasteiger partial charge in [0.2, 0.25) is 0 Å². The zero-order valence-corrected chi connectivity index (χ0v) is 11.0. The summed E-state index contributed by atoms with van der Waals surface area (Å²) in [5.41, 5.74) is 1.07. The van der Waals surface area contributed by atoms with E-state index in [9.17, 15) is 10.2 Å². The molecular formula is C14H21NO3. The van der Waals surface area contributed by atoms with Crippen molar-refractivity contribution in [2.24, 2.45) is 5.92 Å². The van der Waals surface area contributed by atoms with Gasteiger partial charge in [0.1, 0.15) is 0 Å². The predicted molar refractivity (Wildman–Crippen MR) is 69.7 cm³/mol. The van der Waals surface area contributed by atoms with Crippen LogP contribution in [0.3, 0.4) is 0 Å². The van der Waals surface area contributed by atoms with Gasteiger partial charge in [-0.2, -0.15) is 0 Å². The largest absolute Gasteiger partial charge is 0.504 e. The summed E-state index contributed by atoms with van der Waals surface area (Å²) in [4.78, 5) is 2.30. The van der Waals surface area contributed by atoms with E-state index in [4.69, 9.17) is 4.74 Å². The molecule has 0 spiro atoms. The molecule has 0 radical (unpaired) electrons. The van der Waals surface area contributed by atoms with E-state index in [1.54, 1.807) is 19.2 Å².